The van der Waals surface area contributed by atoms with Crippen LogP contribution in [0.15, 0.2) is 0 Å². The highest BCUT2D eigenvalue weighted by Gasteiger charge is 2.28. The largest absolute Gasteiger partial charge is 0.443 e. The van der Waals surface area contributed by atoms with Gasteiger partial charge in [0, 0.05) is 19.1 Å². The molecule has 14 heavy (non-hydrogen) atoms. The molecule has 2 unspecified atom stereocenters. The van der Waals surface area contributed by atoms with Gasteiger partial charge in [-0.05, 0) is 20.0 Å². The van der Waals surface area contributed by atoms with Gasteiger partial charge in [0.05, 0.1) is 6.54 Å². The zero-order valence-corrected chi connectivity index (χ0v) is 8.45. The van der Waals surface area contributed by atoms with Crippen LogP contribution in [0.2, 0.25) is 0 Å². The Hall–Kier alpha value is -0.810. The minimum atomic E-state index is -0.278. The lowest BCUT2D eigenvalue weighted by atomic mass is 10.3. The number of alkyl carbamates (subject to hydrolysis) is 1. The van der Waals surface area contributed by atoms with Crippen molar-refractivity contribution < 1.29 is 9.53 Å². The highest BCUT2D eigenvalue weighted by molar-refractivity contribution is 5.69. The molecule has 2 rings (SSSR count). The first kappa shape index (κ1) is 9.73. The lowest BCUT2D eigenvalue weighted by Gasteiger charge is -2.18. The van der Waals surface area contributed by atoms with Gasteiger partial charge in [0.1, 0.15) is 6.10 Å². The van der Waals surface area contributed by atoms with E-state index in [9.17, 15) is 4.79 Å². The van der Waals surface area contributed by atoms with Crippen molar-refractivity contribution in [1.29, 1.82) is 0 Å². The quantitative estimate of drug-likeness (QED) is 0.636. The maximum atomic E-state index is 10.8. The van der Waals surface area contributed by atoms with Crippen LogP contribution in [0.3, 0.4) is 0 Å². The predicted molar refractivity (Wildman–Crippen MR) is 52.2 cm³/mol. The molecule has 0 aromatic heterocycles. The smallest absolute Gasteiger partial charge is 0.407 e. The average Bonchev–Trinajstić information content (AvgIpc) is 2.76. The molecule has 80 valence electrons. The maximum Gasteiger partial charge on any atom is 0.407 e. The first-order chi connectivity index (χ1) is 6.78. The summed E-state index contributed by atoms with van der Waals surface area (Å²) in [6.07, 6.45) is 0.947. The van der Waals surface area contributed by atoms with E-state index in [4.69, 9.17) is 4.74 Å². The maximum absolute atomic E-state index is 10.8. The summed E-state index contributed by atoms with van der Waals surface area (Å²) in [6.45, 7) is 3.67. The van der Waals surface area contributed by atoms with E-state index < -0.39 is 0 Å². The molecule has 0 aliphatic carbocycles. The molecule has 5 heteroatoms. The number of hydrogen-bond donors (Lipinski definition) is 2. The number of nitrogens with zero attached hydrogens (tertiary/aromatic N) is 1. The Morgan fingerprint density at radius 2 is 2.57 bits per heavy atom. The van der Waals surface area contributed by atoms with Crippen molar-refractivity contribution in [3.05, 3.63) is 0 Å². The van der Waals surface area contributed by atoms with Crippen LogP contribution >= 0.6 is 0 Å². The van der Waals surface area contributed by atoms with Crippen LogP contribution in [0.4, 0.5) is 4.79 Å². The van der Waals surface area contributed by atoms with Gasteiger partial charge in [-0.2, -0.15) is 0 Å². The third-order valence-electron chi connectivity index (χ3n) is 2.89. The summed E-state index contributed by atoms with van der Waals surface area (Å²) in [5.41, 5.74) is 0. The number of likely N-dealkylation sites (N-methyl/N-ethyl adjacent to an activating group) is 1. The topological polar surface area (TPSA) is 53.6 Å². The number of amides is 1. The third-order valence-corrected chi connectivity index (χ3v) is 2.89. The zero-order chi connectivity index (χ0) is 9.97. The highest BCUT2D eigenvalue weighted by atomic mass is 16.6. The van der Waals surface area contributed by atoms with Crippen LogP contribution in [0, 0.1) is 0 Å². The number of cyclic esters (lactones) is 1. The SMILES string of the molecule is CNC1CCN(CC2CNC(=O)O2)C1. The molecule has 5 nitrogen and oxygen atoms in total. The monoisotopic (exact) mass is 199 g/mol. The molecule has 0 saturated carbocycles. The lowest BCUT2D eigenvalue weighted by molar-refractivity contribution is 0.115. The predicted octanol–water partition coefficient (Wildman–Crippen LogP) is -0.611. The average molecular weight is 199 g/mol. The summed E-state index contributed by atoms with van der Waals surface area (Å²) in [6, 6.07) is 0.597. The second kappa shape index (κ2) is 4.14. The summed E-state index contributed by atoms with van der Waals surface area (Å²) in [7, 11) is 1.99. The summed E-state index contributed by atoms with van der Waals surface area (Å²) < 4.78 is 5.08. The Bertz CT molecular complexity index is 222. The Kier molecular flexibility index (Phi) is 2.88. The number of likely N-dealkylation sites (tertiary alicyclic amines) is 1. The first-order valence-electron chi connectivity index (χ1n) is 5.12. The molecule has 1 amide bonds. The Morgan fingerprint density at radius 1 is 1.71 bits per heavy atom. The normalized spacial score (nSPS) is 33.1. The van der Waals surface area contributed by atoms with Gasteiger partial charge in [0.15, 0.2) is 0 Å². The number of ether oxygens (including phenoxy) is 1. The van der Waals surface area contributed by atoms with Crippen LogP contribution < -0.4 is 10.6 Å². The molecule has 0 bridgehead atoms. The molecule has 2 heterocycles. The fraction of sp³-hybridized carbons (Fsp3) is 0.889. The molecule has 0 aromatic carbocycles. The van der Waals surface area contributed by atoms with Crippen molar-refractivity contribution >= 4 is 6.09 Å². The molecule has 2 aliphatic heterocycles. The van der Waals surface area contributed by atoms with E-state index in [2.05, 4.69) is 15.5 Å². The van der Waals surface area contributed by atoms with E-state index in [1.165, 1.54) is 6.42 Å². The number of carbonyl (C=O) groups excluding carboxylic acids is 1. The van der Waals surface area contributed by atoms with E-state index in [1.807, 2.05) is 7.05 Å². The van der Waals surface area contributed by atoms with Gasteiger partial charge >= 0.3 is 6.09 Å². The van der Waals surface area contributed by atoms with Crippen molar-refractivity contribution in [2.45, 2.75) is 18.6 Å². The zero-order valence-electron chi connectivity index (χ0n) is 8.45. The van der Waals surface area contributed by atoms with Crippen molar-refractivity contribution in [3.8, 4) is 0 Å². The number of nitrogens with one attached hydrogen (secondary N) is 2. The van der Waals surface area contributed by atoms with Gasteiger partial charge in [-0.3, -0.25) is 4.90 Å². The van der Waals surface area contributed by atoms with Crippen LogP contribution in [0.25, 0.3) is 0 Å². The van der Waals surface area contributed by atoms with E-state index in [0.29, 0.717) is 12.6 Å². The number of hydrogen-bond acceptors (Lipinski definition) is 4. The second-order valence-corrected chi connectivity index (χ2v) is 3.94. The van der Waals surface area contributed by atoms with Crippen LogP contribution in [-0.2, 0) is 4.74 Å². The van der Waals surface area contributed by atoms with E-state index >= 15 is 0 Å². The minimum Gasteiger partial charge on any atom is -0.443 e. The molecular weight excluding hydrogens is 182 g/mol. The molecule has 2 fully saturated rings. The van der Waals surface area contributed by atoms with Gasteiger partial charge < -0.3 is 15.4 Å². The highest BCUT2D eigenvalue weighted by Crippen LogP contribution is 2.11. The van der Waals surface area contributed by atoms with E-state index in [0.717, 1.165) is 19.6 Å². The van der Waals surface area contributed by atoms with E-state index in [1.54, 1.807) is 0 Å². The summed E-state index contributed by atoms with van der Waals surface area (Å²) in [5, 5.41) is 5.93. The van der Waals surface area contributed by atoms with Crippen LogP contribution in [0.1, 0.15) is 6.42 Å². The molecule has 0 radical (unpaired) electrons. The Labute approximate surface area is 83.8 Å². The standard InChI is InChI=1S/C9H17N3O2/c1-10-7-2-3-12(5-7)6-8-4-11-9(13)14-8/h7-8,10H,2-6H2,1H3,(H,11,13). The van der Waals surface area contributed by atoms with Gasteiger partial charge in [0.2, 0.25) is 0 Å². The molecule has 2 saturated heterocycles. The van der Waals surface area contributed by atoms with Crippen LogP contribution in [-0.4, -0.2) is 56.4 Å². The molecule has 2 aliphatic rings. The second-order valence-electron chi connectivity index (χ2n) is 3.94. The molecule has 0 aromatic rings. The summed E-state index contributed by atoms with van der Waals surface area (Å²) >= 11 is 0. The minimum absolute atomic E-state index is 0.0399. The summed E-state index contributed by atoms with van der Waals surface area (Å²) in [4.78, 5) is 13.1. The number of carbonyl (C=O) groups is 1. The Morgan fingerprint density at radius 3 is 3.14 bits per heavy atom. The lowest BCUT2D eigenvalue weighted by Crippen LogP contribution is -2.35. The molecule has 2 N–H and O–H groups in total. The van der Waals surface area contributed by atoms with Crippen molar-refractivity contribution in [2.24, 2.45) is 0 Å². The van der Waals surface area contributed by atoms with Gasteiger partial charge in [0.25, 0.3) is 0 Å². The van der Waals surface area contributed by atoms with Gasteiger partial charge in [-0.1, -0.05) is 0 Å². The fourth-order valence-electron chi connectivity index (χ4n) is 2.06. The third kappa shape index (κ3) is 2.16. The van der Waals surface area contributed by atoms with Gasteiger partial charge in [-0.15, -0.1) is 0 Å². The van der Waals surface area contributed by atoms with Gasteiger partial charge in [-0.25, -0.2) is 4.79 Å². The van der Waals surface area contributed by atoms with Crippen LogP contribution in [0.5, 0.6) is 0 Å². The Balaban J connectivity index is 1.73. The summed E-state index contributed by atoms with van der Waals surface area (Å²) in [5.74, 6) is 0. The first-order valence-corrected chi connectivity index (χ1v) is 5.12. The van der Waals surface area contributed by atoms with Crippen molar-refractivity contribution in [1.82, 2.24) is 15.5 Å². The van der Waals surface area contributed by atoms with Crippen molar-refractivity contribution in [3.63, 3.8) is 0 Å². The fourth-order valence-corrected chi connectivity index (χ4v) is 2.06. The van der Waals surface area contributed by atoms with Crippen molar-refractivity contribution in [2.75, 3.05) is 33.2 Å². The number of rotatable bonds is 3. The molecular formula is C9H17N3O2. The molecule has 0 spiro atoms. The van der Waals surface area contributed by atoms with E-state index in [-0.39, 0.29) is 12.2 Å². The molecule has 2 atom stereocenters.